The van der Waals surface area contributed by atoms with Crippen LogP contribution in [0.2, 0.25) is 0 Å². The molecule has 0 fully saturated rings. The van der Waals surface area contributed by atoms with Crippen molar-refractivity contribution in [2.45, 2.75) is 26.0 Å². The van der Waals surface area contributed by atoms with Gasteiger partial charge in [0.1, 0.15) is 11.4 Å². The lowest BCUT2D eigenvalue weighted by molar-refractivity contribution is -0.120. The van der Waals surface area contributed by atoms with Crippen LogP contribution in [0.25, 0.3) is 0 Å². The molecule has 1 amide bonds. The Labute approximate surface area is 140 Å². The summed E-state index contributed by atoms with van der Waals surface area (Å²) in [6.07, 6.45) is 1.71. The molecule has 0 N–H and O–H groups in total. The van der Waals surface area contributed by atoms with Crippen LogP contribution in [0.15, 0.2) is 35.8 Å². The molecule has 1 aliphatic rings. The average molecular weight is 331 g/mol. The van der Waals surface area contributed by atoms with Crippen LogP contribution >= 0.6 is 11.3 Å². The third-order valence-electron chi connectivity index (χ3n) is 3.80. The number of para-hydroxylation sites is 1. The van der Waals surface area contributed by atoms with Gasteiger partial charge in [-0.05, 0) is 19.9 Å². The number of carbonyl (C=O) groups is 1. The highest BCUT2D eigenvalue weighted by molar-refractivity contribution is 7.13. The van der Waals surface area contributed by atoms with Crippen molar-refractivity contribution in [1.29, 1.82) is 0 Å². The van der Waals surface area contributed by atoms with Crippen LogP contribution in [0.4, 0.5) is 5.13 Å². The highest BCUT2D eigenvalue weighted by Gasteiger charge is 2.30. The number of benzene rings is 1. The second-order valence-corrected chi connectivity index (χ2v) is 7.26. The molecule has 1 aliphatic heterocycles. The molecule has 1 aromatic heterocycles. The third kappa shape index (κ3) is 3.71. The van der Waals surface area contributed by atoms with Crippen LogP contribution in [0.1, 0.15) is 19.4 Å². The highest BCUT2D eigenvalue weighted by Crippen LogP contribution is 2.29. The van der Waals surface area contributed by atoms with E-state index in [0.717, 1.165) is 16.4 Å². The van der Waals surface area contributed by atoms with Gasteiger partial charge < -0.3 is 4.74 Å². The first kappa shape index (κ1) is 16.0. The summed E-state index contributed by atoms with van der Waals surface area (Å²) >= 11 is 1.46. The van der Waals surface area contributed by atoms with Gasteiger partial charge in [0.2, 0.25) is 5.91 Å². The number of anilines is 1. The van der Waals surface area contributed by atoms with Gasteiger partial charge in [0.15, 0.2) is 5.13 Å². The highest BCUT2D eigenvalue weighted by atomic mass is 32.1. The fraction of sp³-hybridized carbons (Fsp3) is 0.412. The largest absolute Gasteiger partial charge is 0.486 e. The maximum atomic E-state index is 12.6. The fourth-order valence-corrected chi connectivity index (χ4v) is 3.42. The van der Waals surface area contributed by atoms with Crippen molar-refractivity contribution < 1.29 is 9.53 Å². The number of aromatic nitrogens is 1. The van der Waals surface area contributed by atoms with E-state index in [1.807, 2.05) is 23.6 Å². The van der Waals surface area contributed by atoms with E-state index >= 15 is 0 Å². The Balaban J connectivity index is 1.76. The van der Waals surface area contributed by atoms with Crippen molar-refractivity contribution >= 4 is 22.4 Å². The van der Waals surface area contributed by atoms with E-state index in [1.54, 1.807) is 18.1 Å². The number of nitrogens with zero attached hydrogens (tertiary/aromatic N) is 3. The second-order valence-electron chi connectivity index (χ2n) is 6.38. The fourth-order valence-electron chi connectivity index (χ4n) is 2.80. The van der Waals surface area contributed by atoms with Gasteiger partial charge in [-0.15, -0.1) is 11.3 Å². The van der Waals surface area contributed by atoms with Crippen molar-refractivity contribution in [3.63, 3.8) is 0 Å². The topological polar surface area (TPSA) is 45.7 Å². The first-order valence-electron chi connectivity index (χ1n) is 7.60. The van der Waals surface area contributed by atoms with Gasteiger partial charge in [0.25, 0.3) is 0 Å². The van der Waals surface area contributed by atoms with Gasteiger partial charge in [-0.2, -0.15) is 0 Å². The summed E-state index contributed by atoms with van der Waals surface area (Å²) in [6.45, 7) is 5.85. The molecule has 0 saturated carbocycles. The summed E-state index contributed by atoms with van der Waals surface area (Å²) in [4.78, 5) is 20.5. The number of rotatable bonds is 3. The number of ether oxygens (including phenoxy) is 1. The van der Waals surface area contributed by atoms with Crippen molar-refractivity contribution in [2.75, 3.05) is 25.0 Å². The van der Waals surface area contributed by atoms with E-state index < -0.39 is 0 Å². The normalized spacial score (nSPS) is 17.0. The molecular formula is C17H21N3O2S. The first-order chi connectivity index (χ1) is 10.9. The molecular weight excluding hydrogens is 310 g/mol. The quantitative estimate of drug-likeness (QED) is 0.868. The SMILES string of the molecule is CN(C(=O)CN1Cc2ccccc2OC(C)(C)C1)c1nccs1. The lowest BCUT2D eigenvalue weighted by atomic mass is 10.1. The molecule has 1 aromatic carbocycles. The minimum Gasteiger partial charge on any atom is -0.486 e. The Hall–Kier alpha value is -1.92. The summed E-state index contributed by atoms with van der Waals surface area (Å²) in [5, 5.41) is 2.60. The number of carbonyl (C=O) groups excluding carboxylic acids is 1. The molecule has 0 bridgehead atoms. The molecule has 2 heterocycles. The smallest absolute Gasteiger partial charge is 0.242 e. The minimum absolute atomic E-state index is 0.0372. The Bertz CT molecular complexity index is 685. The van der Waals surface area contributed by atoms with Crippen LogP contribution in [-0.4, -0.2) is 41.5 Å². The number of likely N-dealkylation sites (N-methyl/N-ethyl adjacent to an activating group) is 1. The predicted molar refractivity (Wildman–Crippen MR) is 92.0 cm³/mol. The van der Waals surface area contributed by atoms with Crippen molar-refractivity contribution in [2.24, 2.45) is 0 Å². The number of hydrogen-bond donors (Lipinski definition) is 0. The van der Waals surface area contributed by atoms with E-state index in [-0.39, 0.29) is 11.5 Å². The number of hydrogen-bond acceptors (Lipinski definition) is 5. The molecule has 0 aliphatic carbocycles. The van der Waals surface area contributed by atoms with Crippen LogP contribution < -0.4 is 9.64 Å². The van der Waals surface area contributed by atoms with Crippen LogP contribution in [0.5, 0.6) is 5.75 Å². The van der Waals surface area contributed by atoms with Gasteiger partial charge in [0.05, 0.1) is 6.54 Å². The van der Waals surface area contributed by atoms with Crippen molar-refractivity contribution in [3.05, 3.63) is 41.4 Å². The average Bonchev–Trinajstić information content (AvgIpc) is 2.97. The molecule has 0 spiro atoms. The summed E-state index contributed by atoms with van der Waals surface area (Å²) in [5.74, 6) is 0.941. The van der Waals surface area contributed by atoms with Crippen molar-refractivity contribution in [3.8, 4) is 5.75 Å². The molecule has 6 heteroatoms. The summed E-state index contributed by atoms with van der Waals surface area (Å²) in [5.41, 5.74) is 0.773. The molecule has 2 aromatic rings. The molecule has 0 unspecified atom stereocenters. The molecule has 0 saturated heterocycles. The molecule has 3 rings (SSSR count). The van der Waals surface area contributed by atoms with E-state index in [4.69, 9.17) is 4.74 Å². The molecule has 0 atom stereocenters. The summed E-state index contributed by atoms with van der Waals surface area (Å²) in [6, 6.07) is 8.02. The molecule has 0 radical (unpaired) electrons. The monoisotopic (exact) mass is 331 g/mol. The van der Waals surface area contributed by atoms with Crippen LogP contribution in [0.3, 0.4) is 0 Å². The maximum absolute atomic E-state index is 12.6. The number of fused-ring (bicyclic) bond motifs is 1. The van der Waals surface area contributed by atoms with E-state index in [1.165, 1.54) is 11.3 Å². The summed E-state index contributed by atoms with van der Waals surface area (Å²) < 4.78 is 6.11. The lowest BCUT2D eigenvalue weighted by Gasteiger charge is -2.29. The Morgan fingerprint density at radius 2 is 2.22 bits per heavy atom. The zero-order chi connectivity index (χ0) is 16.4. The first-order valence-corrected chi connectivity index (χ1v) is 8.48. The zero-order valence-electron chi connectivity index (χ0n) is 13.7. The molecule has 5 nitrogen and oxygen atoms in total. The summed E-state index contributed by atoms with van der Waals surface area (Å²) in [7, 11) is 1.77. The van der Waals surface area contributed by atoms with Crippen LogP contribution in [0, 0.1) is 0 Å². The Morgan fingerprint density at radius 1 is 1.43 bits per heavy atom. The van der Waals surface area contributed by atoms with E-state index in [0.29, 0.717) is 19.6 Å². The van der Waals surface area contributed by atoms with Gasteiger partial charge in [-0.1, -0.05) is 18.2 Å². The van der Waals surface area contributed by atoms with Crippen LogP contribution in [-0.2, 0) is 11.3 Å². The van der Waals surface area contributed by atoms with E-state index in [2.05, 4.69) is 29.8 Å². The second kappa shape index (κ2) is 6.29. The zero-order valence-corrected chi connectivity index (χ0v) is 14.5. The minimum atomic E-state index is -0.341. The third-order valence-corrected chi connectivity index (χ3v) is 4.64. The van der Waals surface area contributed by atoms with Gasteiger partial charge in [0, 0.05) is 37.3 Å². The Kier molecular flexibility index (Phi) is 4.37. The molecule has 23 heavy (non-hydrogen) atoms. The number of amides is 1. The van der Waals surface area contributed by atoms with Crippen molar-refractivity contribution in [1.82, 2.24) is 9.88 Å². The number of thiazole rings is 1. The van der Waals surface area contributed by atoms with Gasteiger partial charge in [-0.3, -0.25) is 14.6 Å². The standard InChI is InChI=1S/C17H21N3O2S/c1-17(2)12-20(10-13-6-4-5-7-14(13)22-17)11-15(21)19(3)16-18-8-9-23-16/h4-9H,10-12H2,1-3H3. The van der Waals surface area contributed by atoms with Gasteiger partial charge in [-0.25, -0.2) is 4.98 Å². The maximum Gasteiger partial charge on any atom is 0.242 e. The van der Waals surface area contributed by atoms with E-state index in [9.17, 15) is 4.79 Å². The predicted octanol–water partition coefficient (Wildman–Crippen LogP) is 2.78. The lowest BCUT2D eigenvalue weighted by Crippen LogP contribution is -2.45. The van der Waals surface area contributed by atoms with Gasteiger partial charge >= 0.3 is 0 Å². The Morgan fingerprint density at radius 3 is 2.96 bits per heavy atom. The molecule has 122 valence electrons.